The van der Waals surface area contributed by atoms with Gasteiger partial charge in [0.1, 0.15) is 11.6 Å². The second-order valence-electron chi connectivity index (χ2n) is 5.19. The molecule has 0 radical (unpaired) electrons. The van der Waals surface area contributed by atoms with E-state index in [4.69, 9.17) is 4.74 Å². The van der Waals surface area contributed by atoms with E-state index in [1.54, 1.807) is 25.2 Å². The molecule has 124 valence electrons. The Balaban J connectivity index is 1.88. The van der Waals surface area contributed by atoms with Crippen LogP contribution in [0.2, 0.25) is 0 Å². The molecule has 0 aliphatic heterocycles. The van der Waals surface area contributed by atoms with E-state index in [-0.39, 0.29) is 4.90 Å². The highest BCUT2D eigenvalue weighted by Crippen LogP contribution is 2.23. The number of sulfonamides is 1. The van der Waals surface area contributed by atoms with Gasteiger partial charge in [-0.3, -0.25) is 9.40 Å². The average molecular weight is 343 g/mol. The van der Waals surface area contributed by atoms with Crippen LogP contribution in [0.5, 0.6) is 5.75 Å². The molecular weight excluding hydrogens is 326 g/mol. The molecule has 0 aliphatic rings. The highest BCUT2D eigenvalue weighted by Gasteiger charge is 2.17. The van der Waals surface area contributed by atoms with Crippen LogP contribution < -0.4 is 9.46 Å². The van der Waals surface area contributed by atoms with Crippen molar-refractivity contribution in [2.75, 3.05) is 11.8 Å². The molecule has 3 rings (SSSR count). The molecule has 0 saturated heterocycles. The molecule has 3 aromatic rings. The van der Waals surface area contributed by atoms with E-state index in [0.717, 1.165) is 5.56 Å². The number of aryl methyl sites for hydroxylation is 1. The molecule has 0 bridgehead atoms. The van der Waals surface area contributed by atoms with E-state index >= 15 is 0 Å². The second kappa shape index (κ2) is 6.37. The van der Waals surface area contributed by atoms with Crippen LogP contribution in [0.25, 0.3) is 11.3 Å². The van der Waals surface area contributed by atoms with Crippen molar-refractivity contribution in [3.05, 3.63) is 60.7 Å². The molecule has 0 fully saturated rings. The van der Waals surface area contributed by atoms with Gasteiger partial charge in [-0.05, 0) is 24.3 Å². The molecule has 1 N–H and O–H groups in total. The summed E-state index contributed by atoms with van der Waals surface area (Å²) >= 11 is 0. The Hall–Kier alpha value is -2.80. The van der Waals surface area contributed by atoms with Gasteiger partial charge in [0.2, 0.25) is 0 Å². The summed E-state index contributed by atoms with van der Waals surface area (Å²) in [5.41, 5.74) is 1.62. The summed E-state index contributed by atoms with van der Waals surface area (Å²) in [6.45, 7) is 0. The van der Waals surface area contributed by atoms with E-state index < -0.39 is 10.0 Å². The Morgan fingerprint density at radius 2 is 1.71 bits per heavy atom. The Bertz CT molecular complexity index is 933. The lowest BCUT2D eigenvalue weighted by molar-refractivity contribution is 0.414. The number of rotatable bonds is 5. The first-order valence-electron chi connectivity index (χ1n) is 7.26. The molecule has 0 saturated carbocycles. The van der Waals surface area contributed by atoms with Crippen molar-refractivity contribution in [1.82, 2.24) is 9.78 Å². The van der Waals surface area contributed by atoms with Gasteiger partial charge in [-0.2, -0.15) is 5.10 Å². The van der Waals surface area contributed by atoms with Crippen LogP contribution in [0.3, 0.4) is 0 Å². The third kappa shape index (κ3) is 3.26. The Morgan fingerprint density at radius 1 is 1.04 bits per heavy atom. The fourth-order valence-electron chi connectivity index (χ4n) is 2.26. The maximum absolute atomic E-state index is 12.5. The van der Waals surface area contributed by atoms with Gasteiger partial charge in [0.05, 0.1) is 17.7 Å². The lowest BCUT2D eigenvalue weighted by atomic mass is 10.2. The molecule has 0 unspecified atom stereocenters. The summed E-state index contributed by atoms with van der Waals surface area (Å²) in [5.74, 6) is 0.991. The Morgan fingerprint density at radius 3 is 2.33 bits per heavy atom. The number of nitrogens with zero attached hydrogens (tertiary/aromatic N) is 2. The third-order valence-electron chi connectivity index (χ3n) is 3.56. The van der Waals surface area contributed by atoms with Crippen molar-refractivity contribution in [2.45, 2.75) is 4.90 Å². The average Bonchev–Trinajstić information content (AvgIpc) is 2.96. The van der Waals surface area contributed by atoms with E-state index in [9.17, 15) is 8.42 Å². The Kier molecular flexibility index (Phi) is 4.26. The monoisotopic (exact) mass is 343 g/mol. The van der Waals surface area contributed by atoms with Crippen LogP contribution in [-0.2, 0) is 17.1 Å². The van der Waals surface area contributed by atoms with E-state index in [1.165, 1.54) is 23.9 Å². The van der Waals surface area contributed by atoms with Crippen molar-refractivity contribution < 1.29 is 13.2 Å². The number of benzene rings is 2. The first kappa shape index (κ1) is 16.1. The van der Waals surface area contributed by atoms with E-state index in [2.05, 4.69) is 9.82 Å². The molecule has 0 aliphatic carbocycles. The summed E-state index contributed by atoms with van der Waals surface area (Å²) in [6, 6.07) is 17.5. The minimum absolute atomic E-state index is 0.158. The molecular formula is C17H17N3O3S. The summed E-state index contributed by atoms with van der Waals surface area (Å²) in [7, 11) is -0.473. The molecule has 24 heavy (non-hydrogen) atoms. The zero-order valence-electron chi connectivity index (χ0n) is 13.3. The lowest BCUT2D eigenvalue weighted by Crippen LogP contribution is -2.15. The minimum atomic E-state index is -3.70. The van der Waals surface area contributed by atoms with Crippen molar-refractivity contribution in [2.24, 2.45) is 7.05 Å². The highest BCUT2D eigenvalue weighted by atomic mass is 32.2. The van der Waals surface area contributed by atoms with Crippen LogP contribution in [0.4, 0.5) is 5.82 Å². The molecule has 1 aromatic heterocycles. The fraction of sp³-hybridized carbons (Fsp3) is 0.118. The van der Waals surface area contributed by atoms with E-state index in [1.807, 2.05) is 30.3 Å². The Labute approximate surface area is 140 Å². The van der Waals surface area contributed by atoms with Crippen molar-refractivity contribution in [3.8, 4) is 17.0 Å². The molecule has 6 nitrogen and oxygen atoms in total. The van der Waals surface area contributed by atoms with Crippen molar-refractivity contribution in [1.29, 1.82) is 0 Å². The van der Waals surface area contributed by atoms with Crippen LogP contribution in [0.15, 0.2) is 65.6 Å². The van der Waals surface area contributed by atoms with Crippen LogP contribution in [0.1, 0.15) is 0 Å². The van der Waals surface area contributed by atoms with Gasteiger partial charge < -0.3 is 4.74 Å². The maximum Gasteiger partial charge on any atom is 0.263 e. The number of ether oxygens (including phenoxy) is 1. The highest BCUT2D eigenvalue weighted by molar-refractivity contribution is 7.92. The topological polar surface area (TPSA) is 73.2 Å². The van der Waals surface area contributed by atoms with Crippen molar-refractivity contribution in [3.63, 3.8) is 0 Å². The van der Waals surface area contributed by atoms with E-state index in [0.29, 0.717) is 17.3 Å². The number of hydrogen-bond acceptors (Lipinski definition) is 4. The van der Waals surface area contributed by atoms with Gasteiger partial charge in [-0.1, -0.05) is 30.3 Å². The van der Waals surface area contributed by atoms with Gasteiger partial charge in [0, 0.05) is 18.7 Å². The normalized spacial score (nSPS) is 11.2. The number of methoxy groups -OCH3 is 1. The molecule has 0 spiro atoms. The van der Waals surface area contributed by atoms with Gasteiger partial charge in [0.15, 0.2) is 0 Å². The maximum atomic E-state index is 12.5. The predicted molar refractivity (Wildman–Crippen MR) is 92.4 cm³/mol. The quantitative estimate of drug-likeness (QED) is 0.773. The van der Waals surface area contributed by atoms with Crippen LogP contribution in [-0.4, -0.2) is 25.3 Å². The van der Waals surface area contributed by atoms with Gasteiger partial charge >= 0.3 is 0 Å². The second-order valence-corrected chi connectivity index (χ2v) is 6.87. The zero-order chi connectivity index (χ0) is 17.2. The summed E-state index contributed by atoms with van der Waals surface area (Å²) in [5, 5.41) is 4.36. The minimum Gasteiger partial charge on any atom is -0.497 e. The largest absolute Gasteiger partial charge is 0.497 e. The van der Waals surface area contributed by atoms with Gasteiger partial charge in [-0.25, -0.2) is 8.42 Å². The molecule has 7 heteroatoms. The third-order valence-corrected chi connectivity index (χ3v) is 4.93. The van der Waals surface area contributed by atoms with Gasteiger partial charge in [-0.15, -0.1) is 0 Å². The van der Waals surface area contributed by atoms with Crippen LogP contribution in [0, 0.1) is 0 Å². The number of hydrogen-bond donors (Lipinski definition) is 1. The standard InChI is InChI=1S/C17H17N3O3S/c1-20-17(12-16(18-20)13-6-4-3-5-7-13)19-24(21,22)15-10-8-14(23-2)9-11-15/h3-12,19H,1-2H3. The number of nitrogens with one attached hydrogen (secondary N) is 1. The predicted octanol–water partition coefficient (Wildman–Crippen LogP) is 2.90. The lowest BCUT2D eigenvalue weighted by Gasteiger charge is -2.08. The summed E-state index contributed by atoms with van der Waals surface area (Å²) in [4.78, 5) is 0.158. The molecule has 0 amide bonds. The van der Waals surface area contributed by atoms with Crippen LogP contribution >= 0.6 is 0 Å². The molecule has 0 atom stereocenters. The number of aromatic nitrogens is 2. The molecule has 2 aromatic carbocycles. The fourth-order valence-corrected chi connectivity index (χ4v) is 3.34. The molecule has 1 heterocycles. The number of anilines is 1. The summed E-state index contributed by atoms with van der Waals surface area (Å²) in [6.07, 6.45) is 0. The van der Waals surface area contributed by atoms with Crippen molar-refractivity contribution >= 4 is 15.8 Å². The SMILES string of the molecule is COc1ccc(S(=O)(=O)Nc2cc(-c3ccccc3)nn2C)cc1. The first-order valence-corrected chi connectivity index (χ1v) is 8.74. The van der Waals surface area contributed by atoms with Gasteiger partial charge in [0.25, 0.3) is 10.0 Å². The zero-order valence-corrected chi connectivity index (χ0v) is 14.1. The smallest absolute Gasteiger partial charge is 0.263 e. The summed E-state index contributed by atoms with van der Waals surface area (Å²) < 4.78 is 34.1. The first-order chi connectivity index (χ1) is 11.5.